The minimum Gasteiger partial charge on any atom is -0.388 e. The topological polar surface area (TPSA) is 384 Å². The third kappa shape index (κ3) is 16.3. The van der Waals surface area contributed by atoms with Gasteiger partial charge in [0.05, 0.1) is 0 Å². The molecule has 3 saturated heterocycles. The van der Waals surface area contributed by atoms with Gasteiger partial charge in [-0.1, -0.05) is 55.4 Å². The smallest absolute Gasteiger partial charge is 0.252 e. The van der Waals surface area contributed by atoms with Gasteiger partial charge in [-0.2, -0.15) is 0 Å². The fourth-order valence-electron chi connectivity index (χ4n) is 8.11. The molecule has 14 atom stereocenters. The Hall–Kier alpha value is -4.56. The predicted molar refractivity (Wildman–Crippen MR) is 244 cm³/mol. The number of ether oxygens (including phenoxy) is 2. The molecule has 0 aromatic carbocycles. The van der Waals surface area contributed by atoms with E-state index < -0.39 is 157 Å². The van der Waals surface area contributed by atoms with Crippen molar-refractivity contribution in [2.75, 3.05) is 26.2 Å². The first kappa shape index (κ1) is 57.8. The summed E-state index contributed by atoms with van der Waals surface area (Å²) in [5, 5.41) is 64.7. The third-order valence-corrected chi connectivity index (χ3v) is 12.0. The summed E-state index contributed by atoms with van der Waals surface area (Å²) >= 11 is 0. The third-order valence-electron chi connectivity index (χ3n) is 12.0. The number of aliphatic hydroxyl groups excluding tert-OH is 4. The molecule has 8 amide bonds. The lowest BCUT2D eigenvalue weighted by Crippen LogP contribution is -2.59. The number of aliphatic hydroxyl groups is 4. The Balaban J connectivity index is 2.02. The van der Waals surface area contributed by atoms with E-state index in [1.54, 1.807) is 55.4 Å². The Kier molecular flexibility index (Phi) is 22.9. The lowest BCUT2D eigenvalue weighted by atomic mass is 9.99. The molecule has 0 saturated carbocycles. The minimum atomic E-state index is -1.79. The average Bonchev–Trinajstić information content (AvgIpc) is 3.72. The van der Waals surface area contributed by atoms with Crippen LogP contribution in [0.5, 0.6) is 0 Å². The molecule has 24 heteroatoms. The Labute approximate surface area is 397 Å². The number of fused-ring (bicyclic) bond motifs is 4. The fourth-order valence-corrected chi connectivity index (χ4v) is 8.11. The molecular formula is C44H78N10O14. The van der Waals surface area contributed by atoms with Crippen molar-refractivity contribution in [1.82, 2.24) is 42.5 Å². The van der Waals surface area contributed by atoms with Crippen LogP contribution < -0.4 is 54.0 Å². The molecule has 0 aromatic heterocycles. The Morgan fingerprint density at radius 3 is 1.07 bits per heavy atom. The number of carbonyl (C=O) groups excluding carboxylic acids is 8. The van der Waals surface area contributed by atoms with Gasteiger partial charge in [0, 0.05) is 13.1 Å². The summed E-state index contributed by atoms with van der Waals surface area (Å²) in [5.41, 5.74) is 11.5. The van der Waals surface area contributed by atoms with E-state index in [1.807, 2.05) is 0 Å². The summed E-state index contributed by atoms with van der Waals surface area (Å²) in [6.07, 6.45) is -12.1. The first-order chi connectivity index (χ1) is 31.9. The lowest BCUT2D eigenvalue weighted by Gasteiger charge is -2.28. The summed E-state index contributed by atoms with van der Waals surface area (Å²) in [6.45, 7) is 13.1. The van der Waals surface area contributed by atoms with Crippen molar-refractivity contribution < 1.29 is 68.3 Å². The van der Waals surface area contributed by atoms with Crippen LogP contribution in [0.4, 0.5) is 0 Å². The van der Waals surface area contributed by atoms with E-state index in [0.29, 0.717) is 0 Å². The van der Waals surface area contributed by atoms with Crippen LogP contribution in [0.25, 0.3) is 0 Å². The van der Waals surface area contributed by atoms with Gasteiger partial charge in [-0.15, -0.1) is 0 Å². The van der Waals surface area contributed by atoms with E-state index in [-0.39, 0.29) is 63.5 Å². The molecule has 24 nitrogen and oxygen atoms in total. The van der Waals surface area contributed by atoms with E-state index in [2.05, 4.69) is 42.5 Å². The van der Waals surface area contributed by atoms with Crippen molar-refractivity contribution in [3.05, 3.63) is 0 Å². The van der Waals surface area contributed by atoms with Gasteiger partial charge in [-0.05, 0) is 75.3 Å². The number of nitrogens with two attached hydrogens (primary N) is 2. The van der Waals surface area contributed by atoms with E-state index in [4.69, 9.17) is 20.9 Å². The molecule has 68 heavy (non-hydrogen) atoms. The fraction of sp³-hybridized carbons (Fsp3) is 0.818. The van der Waals surface area contributed by atoms with Gasteiger partial charge in [0.2, 0.25) is 35.4 Å². The number of carbonyl (C=O) groups is 8. The SMILES string of the molecule is CC(C)C[C@@H]1NC(=O)[C@H](CCCN)NC(=O)[C@H](C(C)C)NC(=O)[C@@H]2O[C@H](CNC(=O)[C@@H](CC(C)C)NC(=O)[C@H](CCCN)NC(=O)[C@H](C(C)C)NC(=O)[C@@H]3O[C@H](CNC1=O)[C@@H](O)[C@@H]3O)[C@@H](O)[C@@H]2O. The molecule has 16 N–H and O–H groups in total. The highest BCUT2D eigenvalue weighted by atomic mass is 16.6. The molecule has 3 heterocycles. The van der Waals surface area contributed by atoms with Gasteiger partial charge < -0.3 is 83.9 Å². The maximum absolute atomic E-state index is 13.9. The zero-order valence-corrected chi connectivity index (χ0v) is 40.5. The van der Waals surface area contributed by atoms with E-state index in [0.717, 1.165) is 0 Å². The maximum Gasteiger partial charge on any atom is 0.252 e. The molecule has 0 unspecified atom stereocenters. The molecule has 0 aromatic rings. The van der Waals surface area contributed by atoms with Gasteiger partial charge in [0.1, 0.15) is 72.9 Å². The van der Waals surface area contributed by atoms with Crippen LogP contribution in [0, 0.1) is 23.7 Å². The molecule has 0 spiro atoms. The highest BCUT2D eigenvalue weighted by Gasteiger charge is 2.49. The molecule has 0 aliphatic carbocycles. The summed E-state index contributed by atoms with van der Waals surface area (Å²) in [7, 11) is 0. The molecule has 4 bridgehead atoms. The highest BCUT2D eigenvalue weighted by Crippen LogP contribution is 2.24. The van der Waals surface area contributed by atoms with E-state index in [9.17, 15) is 58.8 Å². The summed E-state index contributed by atoms with van der Waals surface area (Å²) in [5.74, 6) is -7.92. The van der Waals surface area contributed by atoms with Gasteiger partial charge in [0.15, 0.2) is 12.2 Å². The first-order valence-electron chi connectivity index (χ1n) is 23.7. The van der Waals surface area contributed by atoms with Crippen molar-refractivity contribution >= 4 is 47.3 Å². The number of hydrogen-bond acceptors (Lipinski definition) is 16. The van der Waals surface area contributed by atoms with Gasteiger partial charge in [-0.25, -0.2) is 0 Å². The van der Waals surface area contributed by atoms with E-state index >= 15 is 0 Å². The average molecular weight is 971 g/mol. The zero-order chi connectivity index (χ0) is 51.2. The van der Waals surface area contributed by atoms with Crippen LogP contribution in [0.2, 0.25) is 0 Å². The number of hydrogen-bond donors (Lipinski definition) is 14. The van der Waals surface area contributed by atoms with Crippen molar-refractivity contribution in [1.29, 1.82) is 0 Å². The Morgan fingerprint density at radius 1 is 0.456 bits per heavy atom. The monoisotopic (exact) mass is 971 g/mol. The van der Waals surface area contributed by atoms with Crippen LogP contribution in [0.3, 0.4) is 0 Å². The van der Waals surface area contributed by atoms with Crippen molar-refractivity contribution in [3.63, 3.8) is 0 Å². The second-order valence-electron chi connectivity index (χ2n) is 19.5. The quantitative estimate of drug-likeness (QED) is 0.0871. The zero-order valence-electron chi connectivity index (χ0n) is 40.5. The lowest BCUT2D eigenvalue weighted by molar-refractivity contribution is -0.141. The van der Waals surface area contributed by atoms with Gasteiger partial charge in [-0.3, -0.25) is 38.4 Å². The van der Waals surface area contributed by atoms with Crippen LogP contribution in [0.1, 0.15) is 93.9 Å². The molecule has 3 aliphatic heterocycles. The van der Waals surface area contributed by atoms with Crippen LogP contribution in [0.15, 0.2) is 0 Å². The minimum absolute atomic E-state index is 0.0340. The van der Waals surface area contributed by atoms with Gasteiger partial charge in [0.25, 0.3) is 11.8 Å². The van der Waals surface area contributed by atoms with Crippen molar-refractivity contribution in [2.45, 2.75) is 179 Å². The van der Waals surface area contributed by atoms with Crippen LogP contribution in [-0.2, 0) is 47.8 Å². The maximum atomic E-state index is 13.9. The Bertz CT molecular complexity index is 1620. The summed E-state index contributed by atoms with van der Waals surface area (Å²) in [6, 6.07) is -7.46. The Morgan fingerprint density at radius 2 is 0.779 bits per heavy atom. The van der Waals surface area contributed by atoms with E-state index in [1.165, 1.54) is 0 Å². The highest BCUT2D eigenvalue weighted by molar-refractivity contribution is 5.96. The molecule has 3 aliphatic rings. The molecule has 3 fully saturated rings. The number of rotatable bonds is 12. The first-order valence-corrected chi connectivity index (χ1v) is 23.7. The molecular weight excluding hydrogens is 893 g/mol. The van der Waals surface area contributed by atoms with Crippen LogP contribution >= 0.6 is 0 Å². The molecule has 388 valence electrons. The summed E-state index contributed by atoms with van der Waals surface area (Å²) in [4.78, 5) is 110. The molecule has 0 radical (unpaired) electrons. The second kappa shape index (κ2) is 27.0. The predicted octanol–water partition coefficient (Wildman–Crippen LogP) is -5.00. The standard InChI is InChI=1S/C44H78N10O14/c1-19(2)15-25-37(59)47-17-27-31(55)33(57)35(67-27)43(65)54-30(22(7)8)42(64)50-24(12-10-14-46)40(62)52-26(16-20(3)4)38(60)48-18-28-32(56)34(58)36(68-28)44(66)53-29(21(5)6)41(63)49-23(11-9-13-45)39(61)51-25/h19-36,55-58H,9-18,45-46H2,1-8H3,(H,47,59)(H,48,60)(H,49,63)(H,50,64)(H,51,61)(H,52,62)(H,53,66)(H,54,65)/t23-,24-,25-,26+,27+,28+,29-,30-,31+,32+,33-,34-,35+,36+/m0/s1. The van der Waals surface area contributed by atoms with Crippen LogP contribution in [-0.4, -0.2) is 179 Å². The number of amides is 8. The largest absolute Gasteiger partial charge is 0.388 e. The van der Waals surface area contributed by atoms with Crippen molar-refractivity contribution in [3.8, 4) is 0 Å². The molecule has 3 rings (SSSR count). The van der Waals surface area contributed by atoms with Crippen molar-refractivity contribution in [2.24, 2.45) is 35.1 Å². The van der Waals surface area contributed by atoms with Gasteiger partial charge >= 0.3 is 0 Å². The normalized spacial score (nSPS) is 33.6. The second-order valence-corrected chi connectivity index (χ2v) is 19.5. The summed E-state index contributed by atoms with van der Waals surface area (Å²) < 4.78 is 11.5. The number of nitrogens with one attached hydrogen (secondary N) is 8.